The van der Waals surface area contributed by atoms with Crippen molar-refractivity contribution in [2.45, 2.75) is 20.0 Å². The first-order valence-corrected chi connectivity index (χ1v) is 14.7. The van der Waals surface area contributed by atoms with Gasteiger partial charge in [-0.1, -0.05) is 12.1 Å². The van der Waals surface area contributed by atoms with E-state index in [9.17, 15) is 27.6 Å². The summed E-state index contributed by atoms with van der Waals surface area (Å²) in [7, 11) is 0. The zero-order valence-electron chi connectivity index (χ0n) is 25.5. The Balaban J connectivity index is 1.28. The molecular weight excluding hydrogens is 615 g/mol. The normalized spacial score (nSPS) is 13.3. The van der Waals surface area contributed by atoms with Gasteiger partial charge >= 0.3 is 6.18 Å². The highest BCUT2D eigenvalue weighted by molar-refractivity contribution is 6.35. The maximum Gasteiger partial charge on any atom is 0.416 e. The molecule has 0 radical (unpaired) electrons. The second kappa shape index (κ2) is 13.9. The van der Waals surface area contributed by atoms with Crippen LogP contribution in [0.15, 0.2) is 66.7 Å². The Labute approximate surface area is 268 Å². The number of hydrogen-bond donors (Lipinski definition) is 6. The van der Waals surface area contributed by atoms with Crippen molar-refractivity contribution in [2.75, 3.05) is 36.9 Å². The van der Waals surface area contributed by atoms with Gasteiger partial charge in [0, 0.05) is 60.0 Å². The molecule has 3 aromatic carbocycles. The third-order valence-electron chi connectivity index (χ3n) is 7.42. The number of H-pyrrole nitrogens is 1. The van der Waals surface area contributed by atoms with Crippen LogP contribution in [-0.4, -0.2) is 54.1 Å². The Morgan fingerprint density at radius 3 is 2.47 bits per heavy atom. The number of carbonyl (C=O) groups excluding carboxylic acids is 3. The molecule has 0 saturated carbocycles. The number of aryl methyl sites for hydroxylation is 1. The lowest BCUT2D eigenvalue weighted by Crippen LogP contribution is -2.33. The number of benzene rings is 3. The number of amides is 3. The molecule has 1 aromatic heterocycles. The number of fused-ring (bicyclic) bond motifs is 1. The minimum Gasteiger partial charge on any atom is -0.457 e. The summed E-state index contributed by atoms with van der Waals surface area (Å²) in [5, 5.41) is 20.1. The molecule has 3 amide bonds. The lowest BCUT2D eigenvalue weighted by Gasteiger charge is -2.11. The number of aromatic amines is 1. The van der Waals surface area contributed by atoms with E-state index in [1.54, 1.807) is 56.3 Å². The van der Waals surface area contributed by atoms with Crippen molar-refractivity contribution in [2.24, 2.45) is 0 Å². The third kappa shape index (κ3) is 7.71. The molecule has 13 heteroatoms. The number of anilines is 2. The number of aliphatic hydroxyl groups excluding tert-OH is 1. The second-order valence-electron chi connectivity index (χ2n) is 10.8. The molecule has 5 rings (SSSR count). The van der Waals surface area contributed by atoms with E-state index in [0.717, 1.165) is 12.1 Å². The molecule has 0 atom stereocenters. The van der Waals surface area contributed by atoms with Gasteiger partial charge in [-0.25, -0.2) is 0 Å². The Kier molecular flexibility index (Phi) is 9.78. The highest BCUT2D eigenvalue weighted by Crippen LogP contribution is 2.38. The number of carbonyl (C=O) groups is 3. The highest BCUT2D eigenvalue weighted by Gasteiger charge is 2.31. The minimum absolute atomic E-state index is 0.0132. The fraction of sp³-hybridized carbons (Fsp3) is 0.206. The van der Waals surface area contributed by atoms with Crippen molar-refractivity contribution in [1.82, 2.24) is 15.6 Å². The summed E-state index contributed by atoms with van der Waals surface area (Å²) in [6, 6.07) is 15.6. The number of ether oxygens (including phenoxy) is 1. The van der Waals surface area contributed by atoms with Gasteiger partial charge in [-0.3, -0.25) is 14.4 Å². The lowest BCUT2D eigenvalue weighted by atomic mass is 10.0. The molecule has 0 fully saturated rings. The van der Waals surface area contributed by atoms with Crippen molar-refractivity contribution in [3.05, 3.63) is 106 Å². The van der Waals surface area contributed by atoms with E-state index in [2.05, 4.69) is 26.3 Å². The van der Waals surface area contributed by atoms with Gasteiger partial charge in [-0.15, -0.1) is 0 Å². The maximum atomic E-state index is 13.1. The summed E-state index contributed by atoms with van der Waals surface area (Å²) in [6.45, 7) is 4.94. The molecule has 1 aliphatic rings. The molecule has 0 unspecified atom stereocenters. The molecule has 0 bridgehead atoms. The van der Waals surface area contributed by atoms with Gasteiger partial charge in [-0.2, -0.15) is 13.2 Å². The predicted molar refractivity (Wildman–Crippen MR) is 171 cm³/mol. The molecule has 0 saturated heterocycles. The molecule has 6 N–H and O–H groups in total. The van der Waals surface area contributed by atoms with E-state index in [1.807, 2.05) is 0 Å². The van der Waals surface area contributed by atoms with Crippen LogP contribution in [0.3, 0.4) is 0 Å². The summed E-state index contributed by atoms with van der Waals surface area (Å²) in [6.07, 6.45) is -2.88. The van der Waals surface area contributed by atoms with Crippen LogP contribution >= 0.6 is 0 Å². The van der Waals surface area contributed by atoms with E-state index < -0.39 is 17.6 Å². The number of aliphatic hydroxyl groups is 1. The highest BCUT2D eigenvalue weighted by atomic mass is 19.4. The van der Waals surface area contributed by atoms with Gasteiger partial charge in [0.1, 0.15) is 11.5 Å². The minimum atomic E-state index is -4.57. The Morgan fingerprint density at radius 1 is 0.936 bits per heavy atom. The number of alkyl halides is 3. The molecule has 10 nitrogen and oxygen atoms in total. The topological polar surface area (TPSA) is 145 Å². The number of rotatable bonds is 11. The fourth-order valence-electron chi connectivity index (χ4n) is 5.15. The van der Waals surface area contributed by atoms with Crippen molar-refractivity contribution in [3.63, 3.8) is 0 Å². The van der Waals surface area contributed by atoms with Crippen molar-refractivity contribution >= 4 is 40.7 Å². The first-order valence-electron chi connectivity index (χ1n) is 14.7. The third-order valence-corrected chi connectivity index (χ3v) is 7.42. The van der Waals surface area contributed by atoms with E-state index in [0.29, 0.717) is 76.2 Å². The Bertz CT molecular complexity index is 1870. The summed E-state index contributed by atoms with van der Waals surface area (Å²) in [4.78, 5) is 41.6. The number of halogens is 3. The average Bonchev–Trinajstić information content (AvgIpc) is 3.49. The summed E-state index contributed by atoms with van der Waals surface area (Å²) in [5.41, 5.74) is 3.26. The van der Waals surface area contributed by atoms with Gasteiger partial charge < -0.3 is 36.1 Å². The number of nitrogens with one attached hydrogen (secondary N) is 5. The Hall–Kier alpha value is -5.40. The van der Waals surface area contributed by atoms with Crippen LogP contribution in [0, 0.1) is 13.8 Å². The van der Waals surface area contributed by atoms with Gasteiger partial charge in [-0.05, 0) is 68.0 Å². The first-order chi connectivity index (χ1) is 22.4. The SMILES string of the molecule is Cc1[nH]c(/C=C2\C(=O)Nc3cc(Oc4cccc(NC(=O)c5cccc(C(F)(F)F)c5)c4)ccc32)c(C)c1C(=O)NCCNCCO. The first kappa shape index (κ1) is 33.0. The van der Waals surface area contributed by atoms with E-state index in [-0.39, 0.29) is 24.0 Å². The zero-order chi connectivity index (χ0) is 33.7. The summed E-state index contributed by atoms with van der Waals surface area (Å²) >= 11 is 0. The molecule has 244 valence electrons. The van der Waals surface area contributed by atoms with Gasteiger partial charge in [0.15, 0.2) is 0 Å². The molecule has 47 heavy (non-hydrogen) atoms. The van der Waals surface area contributed by atoms with E-state index in [4.69, 9.17) is 9.84 Å². The van der Waals surface area contributed by atoms with E-state index in [1.165, 1.54) is 18.2 Å². The zero-order valence-corrected chi connectivity index (χ0v) is 25.5. The average molecular weight is 648 g/mol. The lowest BCUT2D eigenvalue weighted by molar-refractivity contribution is -0.137. The molecule has 2 heterocycles. The van der Waals surface area contributed by atoms with Crippen LogP contribution < -0.4 is 26.0 Å². The fourth-order valence-corrected chi connectivity index (χ4v) is 5.15. The molecule has 0 aliphatic carbocycles. The molecule has 0 spiro atoms. The monoisotopic (exact) mass is 647 g/mol. The maximum absolute atomic E-state index is 13.1. The van der Waals surface area contributed by atoms with Crippen molar-refractivity contribution < 1.29 is 37.4 Å². The van der Waals surface area contributed by atoms with Crippen molar-refractivity contribution in [1.29, 1.82) is 0 Å². The van der Waals surface area contributed by atoms with Gasteiger partial charge in [0.05, 0.1) is 29.0 Å². The van der Waals surface area contributed by atoms with Crippen LogP contribution in [0.2, 0.25) is 0 Å². The van der Waals surface area contributed by atoms with Crippen molar-refractivity contribution in [3.8, 4) is 11.5 Å². The second-order valence-corrected chi connectivity index (χ2v) is 10.8. The summed E-state index contributed by atoms with van der Waals surface area (Å²) < 4.78 is 45.2. The van der Waals surface area contributed by atoms with Crippen LogP contribution in [0.25, 0.3) is 11.6 Å². The van der Waals surface area contributed by atoms with Gasteiger partial charge in [0.25, 0.3) is 17.7 Å². The van der Waals surface area contributed by atoms with Crippen LogP contribution in [0.1, 0.15) is 48.8 Å². The van der Waals surface area contributed by atoms with E-state index >= 15 is 0 Å². The smallest absolute Gasteiger partial charge is 0.416 e. The number of aromatic nitrogens is 1. The van der Waals surface area contributed by atoms with Crippen LogP contribution in [0.4, 0.5) is 24.5 Å². The quantitative estimate of drug-likeness (QED) is 0.0938. The largest absolute Gasteiger partial charge is 0.457 e. The van der Waals surface area contributed by atoms with Crippen LogP contribution in [-0.2, 0) is 11.0 Å². The number of hydrogen-bond acceptors (Lipinski definition) is 6. The Morgan fingerprint density at radius 2 is 1.70 bits per heavy atom. The molecule has 4 aromatic rings. The standard InChI is InChI=1S/C34H32F3N5O5/c1-19-28(40-20(2)30(19)33(46)39-12-11-38-13-14-43)18-27-26-10-9-25(17-29(26)42-32(27)45)47-24-8-4-7-23(16-24)41-31(44)21-5-3-6-22(15-21)34(35,36)37/h3-10,15-18,38,40,43H,11-14H2,1-2H3,(H,39,46)(H,41,44)(H,42,45)/b27-18-. The predicted octanol–water partition coefficient (Wildman–Crippen LogP) is 5.50. The van der Waals surface area contributed by atoms with Gasteiger partial charge in [0.2, 0.25) is 0 Å². The summed E-state index contributed by atoms with van der Waals surface area (Å²) in [5.74, 6) is -0.543. The molecule has 1 aliphatic heterocycles. The van der Waals surface area contributed by atoms with Crippen LogP contribution in [0.5, 0.6) is 11.5 Å². The molecular formula is C34H32F3N5O5.